The van der Waals surface area contributed by atoms with Crippen molar-refractivity contribution in [2.24, 2.45) is 0 Å². The minimum Gasteiger partial charge on any atom is -0.298 e. The van der Waals surface area contributed by atoms with E-state index in [9.17, 15) is 9.18 Å². The number of halogens is 2. The van der Waals surface area contributed by atoms with E-state index in [1.165, 1.54) is 16.8 Å². The van der Waals surface area contributed by atoms with E-state index in [-0.39, 0.29) is 5.02 Å². The molecule has 0 aliphatic rings. The molecule has 0 amide bonds. The lowest BCUT2D eigenvalue weighted by Crippen LogP contribution is -1.95. The van der Waals surface area contributed by atoms with Crippen LogP contribution in [0, 0.1) is 12.7 Å². The minimum absolute atomic E-state index is 0.0262. The van der Waals surface area contributed by atoms with Crippen molar-refractivity contribution < 1.29 is 9.18 Å². The number of aromatic nitrogens is 2. The summed E-state index contributed by atoms with van der Waals surface area (Å²) >= 11 is 5.66. The summed E-state index contributed by atoms with van der Waals surface area (Å²) in [6, 6.07) is 4.26. The number of carbonyl (C=O) groups is 1. The van der Waals surface area contributed by atoms with Gasteiger partial charge in [0.15, 0.2) is 6.29 Å². The Balaban J connectivity index is 2.50. The fourth-order valence-corrected chi connectivity index (χ4v) is 1.52. The third-order valence-corrected chi connectivity index (χ3v) is 2.52. The van der Waals surface area contributed by atoms with E-state index in [4.69, 9.17) is 11.6 Å². The molecule has 2 aromatic rings. The van der Waals surface area contributed by atoms with Crippen LogP contribution in [0.4, 0.5) is 4.39 Å². The van der Waals surface area contributed by atoms with Gasteiger partial charge in [-0.3, -0.25) is 4.79 Å². The number of rotatable bonds is 2. The van der Waals surface area contributed by atoms with Gasteiger partial charge in [0.25, 0.3) is 0 Å². The predicted molar refractivity (Wildman–Crippen MR) is 58.7 cm³/mol. The third kappa shape index (κ3) is 1.84. The summed E-state index contributed by atoms with van der Waals surface area (Å²) in [5.41, 5.74) is 1.73. The highest BCUT2D eigenvalue weighted by Gasteiger charge is 2.07. The van der Waals surface area contributed by atoms with Gasteiger partial charge >= 0.3 is 0 Å². The topological polar surface area (TPSA) is 34.9 Å². The maximum atomic E-state index is 12.9. The number of hydrogen-bond donors (Lipinski definition) is 0. The summed E-state index contributed by atoms with van der Waals surface area (Å²) in [7, 11) is 0. The number of hydrogen-bond acceptors (Lipinski definition) is 2. The summed E-state index contributed by atoms with van der Waals surface area (Å²) in [6.07, 6.45) is 2.30. The monoisotopic (exact) mass is 238 g/mol. The van der Waals surface area contributed by atoms with Crippen LogP contribution in [-0.2, 0) is 0 Å². The van der Waals surface area contributed by atoms with Gasteiger partial charge in [0.1, 0.15) is 5.82 Å². The van der Waals surface area contributed by atoms with Gasteiger partial charge in [0.2, 0.25) is 0 Å². The smallest absolute Gasteiger partial charge is 0.153 e. The number of aryl methyl sites for hydroxylation is 1. The first-order valence-corrected chi connectivity index (χ1v) is 4.96. The van der Waals surface area contributed by atoms with Crippen molar-refractivity contribution in [3.05, 3.63) is 46.5 Å². The van der Waals surface area contributed by atoms with Gasteiger partial charge in [-0.2, -0.15) is 5.10 Å². The lowest BCUT2D eigenvalue weighted by Gasteiger charge is -2.01. The van der Waals surface area contributed by atoms with Crippen LogP contribution in [0.1, 0.15) is 16.1 Å². The Morgan fingerprint density at radius 3 is 2.81 bits per heavy atom. The van der Waals surface area contributed by atoms with E-state index in [2.05, 4.69) is 5.10 Å². The molecule has 0 saturated heterocycles. The third-order valence-electron chi connectivity index (χ3n) is 2.23. The van der Waals surface area contributed by atoms with Gasteiger partial charge in [-0.05, 0) is 25.1 Å². The van der Waals surface area contributed by atoms with E-state index in [1.807, 2.05) is 0 Å². The van der Waals surface area contributed by atoms with Crippen molar-refractivity contribution in [1.29, 1.82) is 0 Å². The average molecular weight is 239 g/mol. The fourth-order valence-electron chi connectivity index (χ4n) is 1.35. The maximum absolute atomic E-state index is 12.9. The van der Waals surface area contributed by atoms with Crippen LogP contribution in [0.5, 0.6) is 0 Å². The molecule has 0 saturated carbocycles. The second-order valence-electron chi connectivity index (χ2n) is 3.33. The molecule has 3 nitrogen and oxygen atoms in total. The van der Waals surface area contributed by atoms with Crippen LogP contribution in [0.15, 0.2) is 24.4 Å². The lowest BCUT2D eigenvalue weighted by atomic mass is 10.3. The van der Waals surface area contributed by atoms with Gasteiger partial charge in [-0.1, -0.05) is 11.6 Å². The number of aldehydes is 1. The highest BCUT2D eigenvalue weighted by Crippen LogP contribution is 2.19. The Bertz CT molecular complexity index is 551. The van der Waals surface area contributed by atoms with Crippen LogP contribution in [0.2, 0.25) is 5.02 Å². The largest absolute Gasteiger partial charge is 0.298 e. The van der Waals surface area contributed by atoms with Gasteiger partial charge < -0.3 is 0 Å². The Morgan fingerprint density at radius 2 is 2.25 bits per heavy atom. The summed E-state index contributed by atoms with van der Waals surface area (Å²) in [4.78, 5) is 10.7. The van der Waals surface area contributed by atoms with Crippen molar-refractivity contribution in [1.82, 2.24) is 9.78 Å². The van der Waals surface area contributed by atoms with Gasteiger partial charge in [-0.25, -0.2) is 9.07 Å². The average Bonchev–Trinajstić information content (AvgIpc) is 2.64. The Morgan fingerprint density at radius 1 is 1.50 bits per heavy atom. The second kappa shape index (κ2) is 4.06. The standard InChI is InChI=1S/C11H8ClFN2O/c1-7-8(6-16)5-15(14-7)9-2-3-11(13)10(12)4-9/h2-6H,1H3. The molecule has 0 fully saturated rings. The number of nitrogens with zero attached hydrogens (tertiary/aromatic N) is 2. The molecule has 16 heavy (non-hydrogen) atoms. The maximum Gasteiger partial charge on any atom is 0.153 e. The molecule has 0 unspecified atom stereocenters. The van der Waals surface area contributed by atoms with Gasteiger partial charge in [-0.15, -0.1) is 0 Å². The Hall–Kier alpha value is -1.68. The first-order chi connectivity index (χ1) is 7.61. The summed E-state index contributed by atoms with van der Waals surface area (Å²) in [5.74, 6) is -0.482. The summed E-state index contributed by atoms with van der Waals surface area (Å²) < 4.78 is 14.4. The highest BCUT2D eigenvalue weighted by atomic mass is 35.5. The molecule has 0 aliphatic heterocycles. The molecule has 82 valence electrons. The molecule has 1 aromatic carbocycles. The molecule has 0 aliphatic carbocycles. The SMILES string of the molecule is Cc1nn(-c2ccc(F)c(Cl)c2)cc1C=O. The van der Waals surface area contributed by atoms with E-state index in [1.54, 1.807) is 19.2 Å². The van der Waals surface area contributed by atoms with Crippen LogP contribution < -0.4 is 0 Å². The molecule has 0 atom stereocenters. The number of benzene rings is 1. The fraction of sp³-hybridized carbons (Fsp3) is 0.0909. The van der Waals surface area contributed by atoms with Gasteiger partial charge in [0, 0.05) is 6.20 Å². The lowest BCUT2D eigenvalue weighted by molar-refractivity contribution is 0.112. The summed E-state index contributed by atoms with van der Waals surface area (Å²) in [5, 5.41) is 4.15. The van der Waals surface area contributed by atoms with Crippen molar-refractivity contribution in [3.63, 3.8) is 0 Å². The molecule has 1 aromatic heterocycles. The second-order valence-corrected chi connectivity index (χ2v) is 3.74. The quantitative estimate of drug-likeness (QED) is 0.754. The Labute approximate surface area is 96.5 Å². The molecule has 5 heteroatoms. The molecule has 2 rings (SSSR count). The highest BCUT2D eigenvalue weighted by molar-refractivity contribution is 6.30. The van der Waals surface area contributed by atoms with E-state index < -0.39 is 5.82 Å². The van der Waals surface area contributed by atoms with Crippen LogP contribution >= 0.6 is 11.6 Å². The zero-order valence-electron chi connectivity index (χ0n) is 8.45. The zero-order chi connectivity index (χ0) is 11.7. The molecule has 0 spiro atoms. The molecule has 0 radical (unpaired) electrons. The van der Waals surface area contributed by atoms with E-state index in [0.29, 0.717) is 16.9 Å². The van der Waals surface area contributed by atoms with Crippen LogP contribution in [-0.4, -0.2) is 16.1 Å². The van der Waals surface area contributed by atoms with Crippen molar-refractivity contribution in [2.45, 2.75) is 6.92 Å². The first-order valence-electron chi connectivity index (χ1n) is 4.58. The normalized spacial score (nSPS) is 10.4. The first kappa shape index (κ1) is 10.8. The predicted octanol–water partition coefficient (Wildman–Crippen LogP) is 2.79. The van der Waals surface area contributed by atoms with Crippen molar-refractivity contribution in [3.8, 4) is 5.69 Å². The molecule has 0 N–H and O–H groups in total. The van der Waals surface area contributed by atoms with E-state index >= 15 is 0 Å². The number of carbonyl (C=O) groups excluding carboxylic acids is 1. The minimum atomic E-state index is -0.482. The molecule has 1 heterocycles. The Kier molecular flexibility index (Phi) is 2.75. The van der Waals surface area contributed by atoms with Crippen molar-refractivity contribution in [2.75, 3.05) is 0 Å². The van der Waals surface area contributed by atoms with Crippen LogP contribution in [0.25, 0.3) is 5.69 Å². The van der Waals surface area contributed by atoms with Crippen LogP contribution in [0.3, 0.4) is 0 Å². The summed E-state index contributed by atoms with van der Waals surface area (Å²) in [6.45, 7) is 1.73. The van der Waals surface area contributed by atoms with Crippen molar-refractivity contribution >= 4 is 17.9 Å². The molecule has 0 bridgehead atoms. The van der Waals surface area contributed by atoms with Gasteiger partial charge in [0.05, 0.1) is 22.0 Å². The molecular formula is C11H8ClFN2O. The zero-order valence-corrected chi connectivity index (χ0v) is 9.20. The van der Waals surface area contributed by atoms with E-state index in [0.717, 1.165) is 6.29 Å². The molecular weight excluding hydrogens is 231 g/mol.